The van der Waals surface area contributed by atoms with Crippen LogP contribution in [0.2, 0.25) is 0 Å². The molecule has 2 aromatic carbocycles. The highest BCUT2D eigenvalue weighted by atomic mass is 19.1. The molecule has 4 nitrogen and oxygen atoms in total. The minimum Gasteiger partial charge on any atom is -0.366 e. The summed E-state index contributed by atoms with van der Waals surface area (Å²) in [6.45, 7) is 2.16. The SMILES string of the molecule is Cc1cc(NCc2ccccc2F)nc(Nc2ccc(F)cc2)n1. The van der Waals surface area contributed by atoms with Gasteiger partial charge in [-0.25, -0.2) is 13.8 Å². The normalized spacial score (nSPS) is 10.5. The van der Waals surface area contributed by atoms with Gasteiger partial charge in [0.15, 0.2) is 0 Å². The summed E-state index contributed by atoms with van der Waals surface area (Å²) in [5.41, 5.74) is 1.99. The molecule has 6 heteroatoms. The molecule has 0 amide bonds. The van der Waals surface area contributed by atoms with Gasteiger partial charge in [-0.2, -0.15) is 4.98 Å². The summed E-state index contributed by atoms with van der Waals surface area (Å²) in [7, 11) is 0. The van der Waals surface area contributed by atoms with Crippen molar-refractivity contribution in [3.05, 3.63) is 77.5 Å². The van der Waals surface area contributed by atoms with Gasteiger partial charge < -0.3 is 10.6 Å². The molecule has 0 radical (unpaired) electrons. The molecule has 0 atom stereocenters. The fourth-order valence-electron chi connectivity index (χ4n) is 2.20. The summed E-state index contributed by atoms with van der Waals surface area (Å²) in [5, 5.41) is 6.11. The summed E-state index contributed by atoms with van der Waals surface area (Å²) >= 11 is 0. The number of hydrogen-bond donors (Lipinski definition) is 2. The van der Waals surface area contributed by atoms with Crippen LogP contribution in [0.25, 0.3) is 0 Å². The van der Waals surface area contributed by atoms with Gasteiger partial charge in [0, 0.05) is 29.6 Å². The van der Waals surface area contributed by atoms with Crippen LogP contribution in [-0.2, 0) is 6.54 Å². The van der Waals surface area contributed by atoms with Gasteiger partial charge in [-0.15, -0.1) is 0 Å². The number of rotatable bonds is 5. The van der Waals surface area contributed by atoms with Crippen LogP contribution in [0.4, 0.5) is 26.2 Å². The molecular weight excluding hydrogens is 310 g/mol. The zero-order valence-corrected chi connectivity index (χ0v) is 13.1. The third-order valence-corrected chi connectivity index (χ3v) is 3.37. The molecule has 0 aliphatic heterocycles. The number of aromatic nitrogens is 2. The first-order valence-electron chi connectivity index (χ1n) is 7.46. The summed E-state index contributed by atoms with van der Waals surface area (Å²) in [4.78, 5) is 8.64. The van der Waals surface area contributed by atoms with Gasteiger partial charge in [-0.05, 0) is 37.3 Å². The lowest BCUT2D eigenvalue weighted by molar-refractivity contribution is 0.613. The van der Waals surface area contributed by atoms with E-state index in [1.807, 2.05) is 6.92 Å². The highest BCUT2D eigenvalue weighted by Crippen LogP contribution is 2.17. The molecule has 122 valence electrons. The zero-order chi connectivity index (χ0) is 16.9. The van der Waals surface area contributed by atoms with Crippen molar-refractivity contribution in [2.45, 2.75) is 13.5 Å². The van der Waals surface area contributed by atoms with E-state index in [1.54, 1.807) is 36.4 Å². The first-order chi connectivity index (χ1) is 11.6. The number of nitrogens with zero attached hydrogens (tertiary/aromatic N) is 2. The van der Waals surface area contributed by atoms with Gasteiger partial charge >= 0.3 is 0 Å². The molecule has 0 aliphatic rings. The number of aryl methyl sites for hydroxylation is 1. The first-order valence-corrected chi connectivity index (χ1v) is 7.46. The molecule has 1 heterocycles. The van der Waals surface area contributed by atoms with E-state index in [1.165, 1.54) is 18.2 Å². The monoisotopic (exact) mass is 326 g/mol. The molecular formula is C18H16F2N4. The number of nitrogens with one attached hydrogen (secondary N) is 2. The number of halogens is 2. The summed E-state index contributed by atoms with van der Waals surface area (Å²) in [6.07, 6.45) is 0. The van der Waals surface area contributed by atoms with Crippen LogP contribution in [0.3, 0.4) is 0 Å². The van der Waals surface area contributed by atoms with Crippen LogP contribution in [0.5, 0.6) is 0 Å². The fourth-order valence-corrected chi connectivity index (χ4v) is 2.20. The largest absolute Gasteiger partial charge is 0.366 e. The molecule has 3 aromatic rings. The molecule has 0 aliphatic carbocycles. The maximum Gasteiger partial charge on any atom is 0.229 e. The van der Waals surface area contributed by atoms with Crippen LogP contribution >= 0.6 is 0 Å². The maximum atomic E-state index is 13.7. The Morgan fingerprint density at radius 3 is 2.46 bits per heavy atom. The molecule has 24 heavy (non-hydrogen) atoms. The summed E-state index contributed by atoms with van der Waals surface area (Å²) in [5.74, 6) is 0.395. The van der Waals surface area contributed by atoms with Crippen molar-refractivity contribution < 1.29 is 8.78 Å². The fraction of sp³-hybridized carbons (Fsp3) is 0.111. The quantitative estimate of drug-likeness (QED) is 0.729. The van der Waals surface area contributed by atoms with Crippen molar-refractivity contribution in [3.63, 3.8) is 0 Å². The topological polar surface area (TPSA) is 49.8 Å². The Labute approximate surface area is 138 Å². The van der Waals surface area contributed by atoms with Crippen molar-refractivity contribution in [3.8, 4) is 0 Å². The Balaban J connectivity index is 1.74. The van der Waals surface area contributed by atoms with E-state index >= 15 is 0 Å². The molecule has 2 N–H and O–H groups in total. The van der Waals surface area contributed by atoms with Crippen molar-refractivity contribution in [1.29, 1.82) is 0 Å². The van der Waals surface area contributed by atoms with Crippen LogP contribution < -0.4 is 10.6 Å². The second-order valence-corrected chi connectivity index (χ2v) is 5.30. The summed E-state index contributed by atoms with van der Waals surface area (Å²) < 4.78 is 26.6. The molecule has 0 spiro atoms. The predicted octanol–water partition coefficient (Wildman–Crippen LogP) is 4.42. The van der Waals surface area contributed by atoms with E-state index in [0.717, 1.165) is 5.69 Å². The standard InChI is InChI=1S/C18H16F2N4/c1-12-10-17(21-11-13-4-2-3-5-16(13)20)24-18(22-12)23-15-8-6-14(19)7-9-15/h2-10H,11H2,1H3,(H2,21,22,23,24). The third-order valence-electron chi connectivity index (χ3n) is 3.37. The number of anilines is 3. The smallest absolute Gasteiger partial charge is 0.229 e. The Morgan fingerprint density at radius 2 is 1.71 bits per heavy atom. The average Bonchev–Trinajstić information content (AvgIpc) is 2.56. The van der Waals surface area contributed by atoms with Gasteiger partial charge in [0.05, 0.1) is 0 Å². The molecule has 0 unspecified atom stereocenters. The highest BCUT2D eigenvalue weighted by Gasteiger charge is 2.05. The van der Waals surface area contributed by atoms with E-state index in [9.17, 15) is 8.78 Å². The van der Waals surface area contributed by atoms with E-state index in [2.05, 4.69) is 20.6 Å². The molecule has 1 aromatic heterocycles. The Kier molecular flexibility index (Phi) is 4.65. The molecule has 0 saturated carbocycles. The summed E-state index contributed by atoms with van der Waals surface area (Å²) in [6, 6.07) is 14.3. The van der Waals surface area contributed by atoms with Gasteiger partial charge in [-0.3, -0.25) is 0 Å². The second-order valence-electron chi connectivity index (χ2n) is 5.30. The maximum absolute atomic E-state index is 13.7. The minimum atomic E-state index is -0.307. The van der Waals surface area contributed by atoms with Crippen molar-refractivity contribution in [1.82, 2.24) is 9.97 Å². The average molecular weight is 326 g/mol. The van der Waals surface area contributed by atoms with Crippen LogP contribution in [0.1, 0.15) is 11.3 Å². The minimum absolute atomic E-state index is 0.263. The lowest BCUT2D eigenvalue weighted by Crippen LogP contribution is -2.06. The van der Waals surface area contributed by atoms with E-state index in [0.29, 0.717) is 29.6 Å². The highest BCUT2D eigenvalue weighted by molar-refractivity contribution is 5.55. The first kappa shape index (κ1) is 15.9. The predicted molar refractivity (Wildman–Crippen MR) is 90.2 cm³/mol. The van der Waals surface area contributed by atoms with E-state index < -0.39 is 0 Å². The molecule has 3 rings (SSSR count). The molecule has 0 bridgehead atoms. The number of benzene rings is 2. The van der Waals surface area contributed by atoms with Crippen molar-refractivity contribution in [2.75, 3.05) is 10.6 Å². The Hall–Kier alpha value is -3.02. The van der Waals surface area contributed by atoms with Crippen molar-refractivity contribution in [2.24, 2.45) is 0 Å². The van der Waals surface area contributed by atoms with Gasteiger partial charge in [-0.1, -0.05) is 18.2 Å². The van der Waals surface area contributed by atoms with Gasteiger partial charge in [0.2, 0.25) is 5.95 Å². The van der Waals surface area contributed by atoms with Crippen LogP contribution in [0.15, 0.2) is 54.6 Å². The number of hydrogen-bond acceptors (Lipinski definition) is 4. The third kappa shape index (κ3) is 4.04. The van der Waals surface area contributed by atoms with Gasteiger partial charge in [0.25, 0.3) is 0 Å². The van der Waals surface area contributed by atoms with Crippen LogP contribution in [0, 0.1) is 18.6 Å². The van der Waals surface area contributed by atoms with E-state index in [-0.39, 0.29) is 11.6 Å². The molecule has 0 saturated heterocycles. The van der Waals surface area contributed by atoms with E-state index in [4.69, 9.17) is 0 Å². The second kappa shape index (κ2) is 7.04. The Morgan fingerprint density at radius 1 is 0.958 bits per heavy atom. The lowest BCUT2D eigenvalue weighted by Gasteiger charge is -2.10. The lowest BCUT2D eigenvalue weighted by atomic mass is 10.2. The zero-order valence-electron chi connectivity index (χ0n) is 13.1. The molecule has 0 fully saturated rings. The van der Waals surface area contributed by atoms with Crippen molar-refractivity contribution >= 4 is 17.5 Å². The Bertz CT molecular complexity index is 835. The van der Waals surface area contributed by atoms with Gasteiger partial charge in [0.1, 0.15) is 17.5 Å². The van der Waals surface area contributed by atoms with Crippen LogP contribution in [-0.4, -0.2) is 9.97 Å².